The third-order valence-corrected chi connectivity index (χ3v) is 2.18. The molecule has 0 aliphatic carbocycles. The van der Waals surface area contributed by atoms with Crippen molar-refractivity contribution < 1.29 is 29.3 Å². The predicted molar refractivity (Wildman–Crippen MR) is 74.8 cm³/mol. The molecule has 8 heteroatoms. The first kappa shape index (κ1) is 18.8. The lowest BCUT2D eigenvalue weighted by Crippen LogP contribution is -2.36. The van der Waals surface area contributed by atoms with E-state index in [1.54, 1.807) is 20.8 Å². The molecule has 0 aliphatic rings. The van der Waals surface area contributed by atoms with Crippen LogP contribution in [-0.4, -0.2) is 58.4 Å². The number of alkyl carbamates (subject to hydrolysis) is 1. The maximum absolute atomic E-state index is 11.4. The number of nitrogens with zero attached hydrogens (tertiary/aromatic N) is 1. The largest absolute Gasteiger partial charge is 0.480 e. The summed E-state index contributed by atoms with van der Waals surface area (Å²) in [4.78, 5) is 33.9. The zero-order valence-electron chi connectivity index (χ0n) is 12.5. The van der Waals surface area contributed by atoms with Crippen LogP contribution in [0.1, 0.15) is 27.2 Å². The Morgan fingerprint density at radius 2 is 1.62 bits per heavy atom. The topological polar surface area (TPSA) is 116 Å². The van der Waals surface area contributed by atoms with Gasteiger partial charge in [-0.1, -0.05) is 6.58 Å². The Morgan fingerprint density at radius 1 is 1.14 bits per heavy atom. The van der Waals surface area contributed by atoms with Crippen molar-refractivity contribution >= 4 is 18.0 Å². The molecule has 3 N–H and O–H groups in total. The van der Waals surface area contributed by atoms with E-state index < -0.39 is 36.7 Å². The summed E-state index contributed by atoms with van der Waals surface area (Å²) in [7, 11) is 0. The average molecular weight is 302 g/mol. The van der Waals surface area contributed by atoms with Crippen molar-refractivity contribution in [2.75, 3.05) is 19.6 Å². The summed E-state index contributed by atoms with van der Waals surface area (Å²) in [6, 6.07) is 0. The van der Waals surface area contributed by atoms with Crippen LogP contribution in [0.2, 0.25) is 0 Å². The van der Waals surface area contributed by atoms with E-state index in [-0.39, 0.29) is 13.0 Å². The monoisotopic (exact) mass is 302 g/mol. The van der Waals surface area contributed by atoms with E-state index in [1.165, 1.54) is 0 Å². The normalized spacial score (nSPS) is 10.6. The van der Waals surface area contributed by atoms with Crippen LogP contribution in [0.5, 0.6) is 0 Å². The average Bonchev–Trinajstić information content (AvgIpc) is 2.23. The van der Waals surface area contributed by atoms with Gasteiger partial charge in [-0.25, -0.2) is 4.79 Å². The van der Waals surface area contributed by atoms with Crippen molar-refractivity contribution in [1.29, 1.82) is 0 Å². The summed E-state index contributed by atoms with van der Waals surface area (Å²) >= 11 is 0. The second kappa shape index (κ2) is 8.13. The number of carboxylic acids is 2. The lowest BCUT2D eigenvalue weighted by molar-refractivity contribution is -0.140. The van der Waals surface area contributed by atoms with Crippen molar-refractivity contribution in [3.63, 3.8) is 0 Å². The zero-order valence-corrected chi connectivity index (χ0v) is 12.5. The van der Waals surface area contributed by atoms with Gasteiger partial charge >= 0.3 is 18.0 Å². The molecule has 0 atom stereocenters. The number of rotatable bonds is 8. The summed E-state index contributed by atoms with van der Waals surface area (Å²) in [5.74, 6) is -2.31. The molecule has 0 unspecified atom stereocenters. The molecular formula is C13H22N2O6. The number of ether oxygens (including phenoxy) is 1. The first-order valence-corrected chi connectivity index (χ1v) is 6.34. The fraction of sp³-hybridized carbons (Fsp3) is 0.615. The Kier molecular flexibility index (Phi) is 7.26. The Labute approximate surface area is 123 Å². The van der Waals surface area contributed by atoms with Crippen molar-refractivity contribution in [1.82, 2.24) is 10.2 Å². The lowest BCUT2D eigenvalue weighted by atomic mass is 10.2. The third kappa shape index (κ3) is 10.2. The molecule has 0 radical (unpaired) electrons. The van der Waals surface area contributed by atoms with Crippen LogP contribution in [0.25, 0.3) is 0 Å². The molecular weight excluding hydrogens is 280 g/mol. The molecule has 8 nitrogen and oxygen atoms in total. The first-order valence-electron chi connectivity index (χ1n) is 6.34. The summed E-state index contributed by atoms with van der Waals surface area (Å²) in [5, 5.41) is 19.9. The molecule has 0 bridgehead atoms. The van der Waals surface area contributed by atoms with Gasteiger partial charge in [0, 0.05) is 18.7 Å². The summed E-state index contributed by atoms with van der Waals surface area (Å²) < 4.78 is 5.03. The van der Waals surface area contributed by atoms with Gasteiger partial charge in [0.05, 0.1) is 0 Å². The van der Waals surface area contributed by atoms with Gasteiger partial charge < -0.3 is 25.2 Å². The SMILES string of the molecule is C=C(CCNC(=O)OC(C)(C)C)N(CC(=O)O)CC(=O)O. The van der Waals surface area contributed by atoms with Crippen LogP contribution in [0, 0.1) is 0 Å². The van der Waals surface area contributed by atoms with Crippen molar-refractivity contribution in [3.05, 3.63) is 12.3 Å². The molecule has 120 valence electrons. The minimum atomic E-state index is -1.16. The molecule has 0 rings (SSSR count). The highest BCUT2D eigenvalue weighted by atomic mass is 16.6. The number of carbonyl (C=O) groups is 3. The van der Waals surface area contributed by atoms with E-state index in [0.717, 1.165) is 4.90 Å². The van der Waals surface area contributed by atoms with Gasteiger partial charge in [-0.15, -0.1) is 0 Å². The maximum Gasteiger partial charge on any atom is 0.407 e. The third-order valence-electron chi connectivity index (χ3n) is 2.18. The predicted octanol–water partition coefficient (Wildman–Crippen LogP) is 0.886. The molecule has 21 heavy (non-hydrogen) atoms. The second-order valence-electron chi connectivity index (χ2n) is 5.39. The number of amides is 1. The number of aliphatic carboxylic acids is 2. The molecule has 0 aromatic rings. The second-order valence-corrected chi connectivity index (χ2v) is 5.39. The van der Waals surface area contributed by atoms with Crippen LogP contribution >= 0.6 is 0 Å². The number of carboxylic acid groups (broad SMARTS) is 2. The van der Waals surface area contributed by atoms with E-state index >= 15 is 0 Å². The van der Waals surface area contributed by atoms with E-state index in [1.807, 2.05) is 0 Å². The Bertz CT molecular complexity index is 397. The number of carbonyl (C=O) groups excluding carboxylic acids is 1. The summed E-state index contributed by atoms with van der Waals surface area (Å²) in [6.07, 6.45) is -0.377. The fourth-order valence-electron chi connectivity index (χ4n) is 1.39. The highest BCUT2D eigenvalue weighted by Gasteiger charge is 2.17. The van der Waals surface area contributed by atoms with Gasteiger partial charge in [-0.2, -0.15) is 0 Å². The van der Waals surface area contributed by atoms with Gasteiger partial charge in [0.25, 0.3) is 0 Å². The molecule has 0 heterocycles. The maximum atomic E-state index is 11.4. The fourth-order valence-corrected chi connectivity index (χ4v) is 1.39. The van der Waals surface area contributed by atoms with Crippen molar-refractivity contribution in [2.45, 2.75) is 32.8 Å². The Morgan fingerprint density at radius 3 is 2.00 bits per heavy atom. The molecule has 0 spiro atoms. The molecule has 1 amide bonds. The molecule has 0 saturated heterocycles. The van der Waals surface area contributed by atoms with Crippen LogP contribution in [0.15, 0.2) is 12.3 Å². The van der Waals surface area contributed by atoms with Crippen LogP contribution in [0.4, 0.5) is 4.79 Å². The Balaban J connectivity index is 4.28. The lowest BCUT2D eigenvalue weighted by Gasteiger charge is -2.23. The number of nitrogens with one attached hydrogen (secondary N) is 1. The van der Waals surface area contributed by atoms with Gasteiger partial charge in [0.1, 0.15) is 18.7 Å². The minimum Gasteiger partial charge on any atom is -0.480 e. The van der Waals surface area contributed by atoms with Gasteiger partial charge in [0.2, 0.25) is 0 Å². The molecule has 0 aromatic carbocycles. The summed E-state index contributed by atoms with van der Waals surface area (Å²) in [5.41, 5.74) is -0.296. The molecule has 0 aliphatic heterocycles. The van der Waals surface area contributed by atoms with E-state index in [2.05, 4.69) is 11.9 Å². The number of hydrogen-bond acceptors (Lipinski definition) is 5. The van der Waals surface area contributed by atoms with Gasteiger partial charge in [0.15, 0.2) is 0 Å². The van der Waals surface area contributed by atoms with E-state index in [4.69, 9.17) is 14.9 Å². The summed E-state index contributed by atoms with van der Waals surface area (Å²) in [6.45, 7) is 8.08. The molecule has 0 aromatic heterocycles. The first-order chi connectivity index (χ1) is 9.51. The number of hydrogen-bond donors (Lipinski definition) is 3. The highest BCUT2D eigenvalue weighted by Crippen LogP contribution is 2.08. The van der Waals surface area contributed by atoms with Gasteiger partial charge in [-0.05, 0) is 20.8 Å². The van der Waals surface area contributed by atoms with Crippen LogP contribution in [0.3, 0.4) is 0 Å². The zero-order chi connectivity index (χ0) is 16.6. The highest BCUT2D eigenvalue weighted by molar-refractivity contribution is 5.73. The smallest absolute Gasteiger partial charge is 0.407 e. The van der Waals surface area contributed by atoms with Crippen molar-refractivity contribution in [2.24, 2.45) is 0 Å². The standard InChI is InChI=1S/C13H22N2O6/c1-9(15(7-10(16)17)8-11(18)19)5-6-14-12(20)21-13(2,3)4/h1,5-8H2,2-4H3,(H,14,20)(H,16,17)(H,18,19). The molecule has 0 fully saturated rings. The van der Waals surface area contributed by atoms with E-state index in [0.29, 0.717) is 5.70 Å². The van der Waals surface area contributed by atoms with Crippen LogP contribution < -0.4 is 5.32 Å². The van der Waals surface area contributed by atoms with Crippen LogP contribution in [-0.2, 0) is 14.3 Å². The molecule has 0 saturated carbocycles. The van der Waals surface area contributed by atoms with E-state index in [9.17, 15) is 14.4 Å². The quantitative estimate of drug-likeness (QED) is 0.609. The van der Waals surface area contributed by atoms with Gasteiger partial charge in [-0.3, -0.25) is 9.59 Å². The minimum absolute atomic E-state index is 0.170. The Hall–Kier alpha value is -2.25. The van der Waals surface area contributed by atoms with Crippen molar-refractivity contribution in [3.8, 4) is 0 Å².